The molecule has 0 unspecified atom stereocenters. The van der Waals surface area contributed by atoms with Crippen molar-refractivity contribution in [2.24, 2.45) is 0 Å². The topological polar surface area (TPSA) is 103 Å². The van der Waals surface area contributed by atoms with E-state index >= 15 is 0 Å². The molecule has 0 spiro atoms. The first-order valence-electron chi connectivity index (χ1n) is 11.8. The van der Waals surface area contributed by atoms with Crippen LogP contribution in [0.15, 0.2) is 41.3 Å². The van der Waals surface area contributed by atoms with E-state index in [0.717, 1.165) is 11.1 Å². The number of aryl methyl sites for hydroxylation is 2. The molecule has 37 heavy (non-hydrogen) atoms. The number of piperazine rings is 1. The Labute approximate surface area is 217 Å². The Hall–Kier alpha value is -3.57. The highest BCUT2D eigenvalue weighted by Gasteiger charge is 2.30. The number of nitrogens with zero attached hydrogens (tertiary/aromatic N) is 4. The molecule has 11 heteroatoms. The monoisotopic (exact) mass is 528 g/mol. The molecule has 0 N–H and O–H groups in total. The maximum Gasteiger partial charge on any atom is 0.243 e. The fourth-order valence-electron chi connectivity index (χ4n) is 4.43. The van der Waals surface area contributed by atoms with Crippen LogP contribution in [0.25, 0.3) is 11.3 Å². The van der Waals surface area contributed by atoms with Crippen molar-refractivity contribution in [1.82, 2.24) is 14.5 Å². The van der Waals surface area contributed by atoms with E-state index in [0.29, 0.717) is 71.1 Å². The van der Waals surface area contributed by atoms with E-state index in [2.05, 4.69) is 10.2 Å². The smallest absolute Gasteiger partial charge is 0.243 e. The molecule has 2 heterocycles. The summed E-state index contributed by atoms with van der Waals surface area (Å²) in [5.41, 5.74) is 2.87. The van der Waals surface area contributed by atoms with Crippen LogP contribution < -0.4 is 23.8 Å². The van der Waals surface area contributed by atoms with Crippen molar-refractivity contribution in [3.8, 4) is 34.3 Å². The first-order chi connectivity index (χ1) is 17.7. The van der Waals surface area contributed by atoms with Crippen LogP contribution in [0.4, 0.5) is 5.82 Å². The Balaban J connectivity index is 1.49. The molecule has 3 aromatic rings. The van der Waals surface area contributed by atoms with Crippen LogP contribution in [0.2, 0.25) is 0 Å². The normalized spacial score (nSPS) is 14.4. The summed E-state index contributed by atoms with van der Waals surface area (Å²) in [4.78, 5) is 2.35. The summed E-state index contributed by atoms with van der Waals surface area (Å²) in [6.07, 6.45) is 0. The second-order valence-corrected chi connectivity index (χ2v) is 10.6. The minimum Gasteiger partial charge on any atom is -0.496 e. The third kappa shape index (κ3) is 5.14. The van der Waals surface area contributed by atoms with Crippen molar-refractivity contribution < 1.29 is 27.4 Å². The second kappa shape index (κ2) is 10.8. The molecule has 0 amide bonds. The van der Waals surface area contributed by atoms with Gasteiger partial charge in [0.1, 0.15) is 5.75 Å². The molecule has 0 saturated carbocycles. The third-order valence-corrected chi connectivity index (χ3v) is 8.52. The zero-order chi connectivity index (χ0) is 26.7. The first kappa shape index (κ1) is 26.5. The summed E-state index contributed by atoms with van der Waals surface area (Å²) >= 11 is 0. The van der Waals surface area contributed by atoms with Crippen LogP contribution in [0.5, 0.6) is 23.0 Å². The lowest BCUT2D eigenvalue weighted by Crippen LogP contribution is -2.49. The van der Waals surface area contributed by atoms with Gasteiger partial charge in [0.25, 0.3) is 0 Å². The van der Waals surface area contributed by atoms with Crippen LogP contribution in [0, 0.1) is 13.8 Å². The quantitative estimate of drug-likeness (QED) is 0.436. The maximum atomic E-state index is 13.4. The summed E-state index contributed by atoms with van der Waals surface area (Å²) in [6.45, 7) is 5.34. The van der Waals surface area contributed by atoms with Gasteiger partial charge in [-0.1, -0.05) is 0 Å². The number of benzene rings is 2. The van der Waals surface area contributed by atoms with Gasteiger partial charge in [-0.2, -0.15) is 4.31 Å². The average Bonchev–Trinajstić information content (AvgIpc) is 2.93. The van der Waals surface area contributed by atoms with Crippen LogP contribution in [0.3, 0.4) is 0 Å². The Morgan fingerprint density at radius 3 is 1.86 bits per heavy atom. The molecule has 198 valence electrons. The van der Waals surface area contributed by atoms with E-state index in [-0.39, 0.29) is 0 Å². The van der Waals surface area contributed by atoms with Gasteiger partial charge in [-0.05, 0) is 61.4 Å². The lowest BCUT2D eigenvalue weighted by molar-refractivity contribution is 0.324. The maximum absolute atomic E-state index is 13.4. The number of aromatic nitrogens is 2. The summed E-state index contributed by atoms with van der Waals surface area (Å²) in [7, 11) is 2.63. The lowest BCUT2D eigenvalue weighted by Gasteiger charge is -2.34. The van der Waals surface area contributed by atoms with E-state index in [1.807, 2.05) is 36.1 Å². The van der Waals surface area contributed by atoms with Gasteiger partial charge in [0.15, 0.2) is 17.3 Å². The van der Waals surface area contributed by atoms with E-state index in [9.17, 15) is 8.42 Å². The number of hydrogen-bond donors (Lipinski definition) is 0. The van der Waals surface area contributed by atoms with Gasteiger partial charge in [-0.15, -0.1) is 10.2 Å². The van der Waals surface area contributed by atoms with E-state index in [1.165, 1.54) is 4.31 Å². The predicted molar refractivity (Wildman–Crippen MR) is 141 cm³/mol. The van der Waals surface area contributed by atoms with Crippen molar-refractivity contribution >= 4 is 15.8 Å². The zero-order valence-electron chi connectivity index (χ0n) is 21.9. The molecule has 0 atom stereocenters. The van der Waals surface area contributed by atoms with Crippen LogP contribution in [-0.2, 0) is 10.0 Å². The Morgan fingerprint density at radius 2 is 1.35 bits per heavy atom. The van der Waals surface area contributed by atoms with Crippen LogP contribution >= 0.6 is 0 Å². The minimum absolute atomic E-state index is 0.314. The van der Waals surface area contributed by atoms with E-state index in [4.69, 9.17) is 18.9 Å². The van der Waals surface area contributed by atoms with Gasteiger partial charge in [-0.25, -0.2) is 8.42 Å². The molecular formula is C26H32N4O6S. The van der Waals surface area contributed by atoms with Crippen molar-refractivity contribution in [1.29, 1.82) is 0 Å². The standard InChI is InChI=1S/C26H32N4O6S/c1-17-14-24(18(2)13-21(17)33-3)37(31,32)30-11-9-29(10-12-30)25-8-7-20(27-28-25)19-15-22(34-4)26(36-6)23(16-19)35-5/h7-8,13-16H,9-12H2,1-6H3. The first-order valence-corrected chi connectivity index (χ1v) is 13.2. The SMILES string of the molecule is COc1cc(C)c(S(=O)(=O)N2CCN(c3ccc(-c4cc(OC)c(OC)c(OC)c4)nn3)CC2)cc1C. The van der Waals surface area contributed by atoms with Gasteiger partial charge in [-0.3, -0.25) is 0 Å². The average molecular weight is 529 g/mol. The molecule has 0 aliphatic carbocycles. The molecule has 2 aromatic carbocycles. The fourth-order valence-corrected chi connectivity index (χ4v) is 6.15. The van der Waals surface area contributed by atoms with Gasteiger partial charge in [0.2, 0.25) is 15.8 Å². The molecule has 1 aromatic heterocycles. The van der Waals surface area contributed by atoms with Crippen LogP contribution in [-0.4, -0.2) is 77.5 Å². The molecule has 0 bridgehead atoms. The molecule has 1 aliphatic rings. The second-order valence-electron chi connectivity index (χ2n) is 8.67. The molecule has 4 rings (SSSR count). The highest BCUT2D eigenvalue weighted by molar-refractivity contribution is 7.89. The zero-order valence-corrected chi connectivity index (χ0v) is 22.8. The molecule has 10 nitrogen and oxygen atoms in total. The number of rotatable bonds is 8. The fraction of sp³-hybridized carbons (Fsp3) is 0.385. The number of ether oxygens (including phenoxy) is 4. The van der Waals surface area contributed by atoms with Crippen molar-refractivity contribution in [2.75, 3.05) is 59.5 Å². The van der Waals surface area contributed by atoms with Gasteiger partial charge < -0.3 is 23.8 Å². The number of sulfonamides is 1. The molecule has 1 saturated heterocycles. The minimum atomic E-state index is -3.63. The summed E-state index contributed by atoms with van der Waals surface area (Å²) in [5.74, 6) is 2.93. The molecular weight excluding hydrogens is 496 g/mol. The van der Waals surface area contributed by atoms with Crippen molar-refractivity contribution in [3.63, 3.8) is 0 Å². The number of anilines is 1. The van der Waals surface area contributed by atoms with Crippen molar-refractivity contribution in [3.05, 3.63) is 47.5 Å². The number of hydrogen-bond acceptors (Lipinski definition) is 9. The Morgan fingerprint density at radius 1 is 0.730 bits per heavy atom. The molecule has 1 aliphatic heterocycles. The highest BCUT2D eigenvalue weighted by Crippen LogP contribution is 2.40. The summed E-state index contributed by atoms with van der Waals surface area (Å²) < 4.78 is 49.8. The molecule has 0 radical (unpaired) electrons. The van der Waals surface area contributed by atoms with Crippen molar-refractivity contribution in [2.45, 2.75) is 18.7 Å². The van der Waals surface area contributed by atoms with Crippen LogP contribution in [0.1, 0.15) is 11.1 Å². The Bertz CT molecular complexity index is 1350. The van der Waals surface area contributed by atoms with Gasteiger partial charge >= 0.3 is 0 Å². The summed E-state index contributed by atoms with van der Waals surface area (Å²) in [6, 6.07) is 10.8. The van der Waals surface area contributed by atoms with E-state index in [1.54, 1.807) is 47.5 Å². The summed E-state index contributed by atoms with van der Waals surface area (Å²) in [5, 5.41) is 8.80. The number of methoxy groups -OCH3 is 4. The largest absolute Gasteiger partial charge is 0.496 e. The lowest BCUT2D eigenvalue weighted by atomic mass is 10.1. The molecule has 1 fully saturated rings. The Kier molecular flexibility index (Phi) is 7.74. The highest BCUT2D eigenvalue weighted by atomic mass is 32.2. The van der Waals surface area contributed by atoms with E-state index < -0.39 is 10.0 Å². The third-order valence-electron chi connectivity index (χ3n) is 6.48. The predicted octanol–water partition coefficient (Wildman–Crippen LogP) is 3.31. The van der Waals surface area contributed by atoms with Gasteiger partial charge in [0.05, 0.1) is 39.0 Å². The van der Waals surface area contributed by atoms with Gasteiger partial charge in [0, 0.05) is 31.7 Å².